The van der Waals surface area contributed by atoms with Crippen molar-refractivity contribution in [1.82, 2.24) is 9.78 Å². The summed E-state index contributed by atoms with van der Waals surface area (Å²) in [4.78, 5) is 11.9. The summed E-state index contributed by atoms with van der Waals surface area (Å²) in [5.41, 5.74) is 6.53. The molecule has 0 aliphatic carbocycles. The van der Waals surface area contributed by atoms with Gasteiger partial charge in [-0.1, -0.05) is 30.3 Å². The van der Waals surface area contributed by atoms with Gasteiger partial charge in [0.15, 0.2) is 0 Å². The Kier molecular flexibility index (Phi) is 5.97. The van der Waals surface area contributed by atoms with Gasteiger partial charge in [0.2, 0.25) is 0 Å². The van der Waals surface area contributed by atoms with Gasteiger partial charge in [0.05, 0.1) is 12.8 Å². The number of benzene rings is 1. The topological polar surface area (TPSA) is 70.1 Å². The first-order valence-electron chi connectivity index (χ1n) is 7.23. The average Bonchev–Trinajstić information content (AvgIpc) is 2.51. The van der Waals surface area contributed by atoms with Crippen molar-refractivity contribution in [2.45, 2.75) is 25.8 Å². The Morgan fingerprint density at radius 3 is 2.71 bits per heavy atom. The van der Waals surface area contributed by atoms with E-state index in [9.17, 15) is 4.79 Å². The predicted molar refractivity (Wildman–Crippen MR) is 82.4 cm³/mol. The molecule has 0 amide bonds. The maximum atomic E-state index is 11.9. The van der Waals surface area contributed by atoms with Crippen molar-refractivity contribution in [3.8, 4) is 5.75 Å². The van der Waals surface area contributed by atoms with Gasteiger partial charge >= 0.3 is 0 Å². The van der Waals surface area contributed by atoms with Crippen molar-refractivity contribution >= 4 is 0 Å². The molecule has 2 N–H and O–H groups in total. The number of ether oxygens (including phenoxy) is 1. The summed E-state index contributed by atoms with van der Waals surface area (Å²) in [6.45, 7) is 1.69. The lowest BCUT2D eigenvalue weighted by molar-refractivity contribution is 0.309. The highest BCUT2D eigenvalue weighted by Gasteiger charge is 2.01. The second-order valence-electron chi connectivity index (χ2n) is 4.83. The fourth-order valence-corrected chi connectivity index (χ4v) is 2.01. The molecule has 0 bridgehead atoms. The fourth-order valence-electron chi connectivity index (χ4n) is 2.01. The average molecular weight is 287 g/mol. The third kappa shape index (κ3) is 5.04. The summed E-state index contributed by atoms with van der Waals surface area (Å²) in [6.07, 6.45) is 4.16. The van der Waals surface area contributed by atoms with Gasteiger partial charge in [-0.15, -0.1) is 0 Å². The SMILES string of the molecule is NCCCOc1cnn(CCCc2ccccc2)c(=O)c1. The number of aromatic nitrogens is 2. The number of nitrogens with zero attached hydrogens (tertiary/aromatic N) is 2. The molecule has 1 aromatic heterocycles. The van der Waals surface area contributed by atoms with Crippen molar-refractivity contribution in [3.05, 3.63) is 58.5 Å². The molecule has 0 spiro atoms. The molecule has 2 rings (SSSR count). The number of aryl methyl sites for hydroxylation is 2. The van der Waals surface area contributed by atoms with Crippen LogP contribution in [0.4, 0.5) is 0 Å². The van der Waals surface area contributed by atoms with Crippen molar-refractivity contribution in [3.63, 3.8) is 0 Å². The van der Waals surface area contributed by atoms with Crippen LogP contribution in [0.5, 0.6) is 5.75 Å². The summed E-state index contributed by atoms with van der Waals surface area (Å²) in [5, 5.41) is 4.14. The van der Waals surface area contributed by atoms with Crippen molar-refractivity contribution < 1.29 is 4.74 Å². The molecule has 5 nitrogen and oxygen atoms in total. The molecule has 0 atom stereocenters. The highest BCUT2D eigenvalue weighted by atomic mass is 16.5. The van der Waals surface area contributed by atoms with Crippen LogP contribution in [0.3, 0.4) is 0 Å². The molecule has 21 heavy (non-hydrogen) atoms. The second-order valence-corrected chi connectivity index (χ2v) is 4.83. The molecule has 0 fully saturated rings. The number of hydrogen-bond acceptors (Lipinski definition) is 4. The van der Waals surface area contributed by atoms with Crippen molar-refractivity contribution in [1.29, 1.82) is 0 Å². The van der Waals surface area contributed by atoms with Gasteiger partial charge < -0.3 is 10.5 Å². The Bertz CT molecular complexity index is 596. The largest absolute Gasteiger partial charge is 0.492 e. The summed E-state index contributed by atoms with van der Waals surface area (Å²) >= 11 is 0. The minimum atomic E-state index is -0.131. The molecule has 2 aromatic rings. The first-order chi connectivity index (χ1) is 10.3. The predicted octanol–water partition coefficient (Wildman–Crippen LogP) is 1.60. The molecule has 1 aromatic carbocycles. The second kappa shape index (κ2) is 8.21. The van der Waals surface area contributed by atoms with Crippen LogP contribution in [0.1, 0.15) is 18.4 Å². The quantitative estimate of drug-likeness (QED) is 0.749. The molecule has 1 heterocycles. The lowest BCUT2D eigenvalue weighted by Gasteiger charge is -2.07. The Morgan fingerprint density at radius 2 is 2.00 bits per heavy atom. The summed E-state index contributed by atoms with van der Waals surface area (Å²) in [7, 11) is 0. The summed E-state index contributed by atoms with van der Waals surface area (Å²) < 4.78 is 6.87. The van der Waals surface area contributed by atoms with Crippen LogP contribution in [0, 0.1) is 0 Å². The Labute approximate surface area is 124 Å². The molecule has 0 aliphatic rings. The molecule has 0 saturated carbocycles. The van der Waals surface area contributed by atoms with Gasteiger partial charge in [0.1, 0.15) is 5.75 Å². The molecule has 0 unspecified atom stereocenters. The van der Waals surface area contributed by atoms with Gasteiger partial charge in [0, 0.05) is 12.6 Å². The number of hydrogen-bond donors (Lipinski definition) is 1. The minimum absolute atomic E-state index is 0.131. The zero-order valence-corrected chi connectivity index (χ0v) is 12.1. The van der Waals surface area contributed by atoms with E-state index in [1.165, 1.54) is 16.3 Å². The Balaban J connectivity index is 1.85. The van der Waals surface area contributed by atoms with E-state index in [-0.39, 0.29) is 5.56 Å². The molecule has 0 saturated heterocycles. The van der Waals surface area contributed by atoms with E-state index in [2.05, 4.69) is 17.2 Å². The van der Waals surface area contributed by atoms with Crippen LogP contribution in [-0.4, -0.2) is 22.9 Å². The first-order valence-corrected chi connectivity index (χ1v) is 7.23. The minimum Gasteiger partial charge on any atom is -0.492 e. The lowest BCUT2D eigenvalue weighted by Crippen LogP contribution is -2.22. The fraction of sp³-hybridized carbons (Fsp3) is 0.375. The molecule has 112 valence electrons. The van der Waals surface area contributed by atoms with Crippen LogP contribution in [0.15, 0.2) is 47.4 Å². The third-order valence-corrected chi connectivity index (χ3v) is 3.14. The zero-order valence-electron chi connectivity index (χ0n) is 12.1. The van der Waals surface area contributed by atoms with E-state index in [0.29, 0.717) is 25.4 Å². The molecule has 0 radical (unpaired) electrons. The molecular formula is C16H21N3O2. The van der Waals surface area contributed by atoms with Crippen LogP contribution >= 0.6 is 0 Å². The van der Waals surface area contributed by atoms with E-state index in [0.717, 1.165) is 19.3 Å². The number of nitrogens with two attached hydrogens (primary N) is 1. The van der Waals surface area contributed by atoms with Crippen LogP contribution < -0.4 is 16.0 Å². The van der Waals surface area contributed by atoms with Gasteiger partial charge in [-0.05, 0) is 31.4 Å². The van der Waals surface area contributed by atoms with Crippen LogP contribution in [-0.2, 0) is 13.0 Å². The standard InChI is InChI=1S/C16H21N3O2/c17-9-5-11-21-15-12-16(20)19(18-13-15)10-4-8-14-6-2-1-3-7-14/h1-3,6-7,12-13H,4-5,8-11,17H2. The lowest BCUT2D eigenvalue weighted by atomic mass is 10.1. The monoisotopic (exact) mass is 287 g/mol. The van der Waals surface area contributed by atoms with E-state index >= 15 is 0 Å². The van der Waals surface area contributed by atoms with E-state index in [1.54, 1.807) is 6.20 Å². The van der Waals surface area contributed by atoms with Crippen molar-refractivity contribution in [2.24, 2.45) is 5.73 Å². The summed E-state index contributed by atoms with van der Waals surface area (Å²) in [5.74, 6) is 0.507. The van der Waals surface area contributed by atoms with Gasteiger partial charge in [-0.3, -0.25) is 4.79 Å². The van der Waals surface area contributed by atoms with Gasteiger partial charge in [-0.2, -0.15) is 5.10 Å². The molecule has 0 aliphatic heterocycles. The van der Waals surface area contributed by atoms with E-state index in [4.69, 9.17) is 10.5 Å². The summed E-state index contributed by atoms with van der Waals surface area (Å²) in [6, 6.07) is 11.7. The van der Waals surface area contributed by atoms with E-state index in [1.807, 2.05) is 18.2 Å². The number of rotatable bonds is 8. The Morgan fingerprint density at radius 1 is 1.19 bits per heavy atom. The highest BCUT2D eigenvalue weighted by molar-refractivity contribution is 5.15. The van der Waals surface area contributed by atoms with Gasteiger partial charge in [0.25, 0.3) is 5.56 Å². The normalized spacial score (nSPS) is 10.5. The highest BCUT2D eigenvalue weighted by Crippen LogP contribution is 2.05. The van der Waals surface area contributed by atoms with Crippen LogP contribution in [0.25, 0.3) is 0 Å². The van der Waals surface area contributed by atoms with Gasteiger partial charge in [-0.25, -0.2) is 4.68 Å². The third-order valence-electron chi connectivity index (χ3n) is 3.14. The van der Waals surface area contributed by atoms with Crippen LogP contribution in [0.2, 0.25) is 0 Å². The molecular weight excluding hydrogens is 266 g/mol. The zero-order chi connectivity index (χ0) is 14.9. The Hall–Kier alpha value is -2.14. The maximum Gasteiger partial charge on any atom is 0.270 e. The molecule has 5 heteroatoms. The first kappa shape index (κ1) is 15.3. The van der Waals surface area contributed by atoms with E-state index < -0.39 is 0 Å². The maximum absolute atomic E-state index is 11.9. The smallest absolute Gasteiger partial charge is 0.270 e. The van der Waals surface area contributed by atoms with Crippen molar-refractivity contribution in [2.75, 3.05) is 13.2 Å².